The number of nitrogens with one attached hydrogen (secondary N) is 1. The highest BCUT2D eigenvalue weighted by Gasteiger charge is 2.62. The van der Waals surface area contributed by atoms with Crippen molar-refractivity contribution in [2.75, 3.05) is 20.8 Å². The van der Waals surface area contributed by atoms with Crippen molar-refractivity contribution in [1.82, 2.24) is 5.32 Å². The fraction of sp³-hybridized carbons (Fsp3) is 0.696. The second-order valence-electron chi connectivity index (χ2n) is 10.1. The number of benzene rings is 1. The van der Waals surface area contributed by atoms with Crippen LogP contribution in [0.1, 0.15) is 57.9 Å². The fourth-order valence-corrected chi connectivity index (χ4v) is 7.24. The lowest BCUT2D eigenvalue weighted by atomic mass is 9.40. The van der Waals surface area contributed by atoms with Crippen molar-refractivity contribution in [3.05, 3.63) is 23.8 Å². The minimum atomic E-state index is -0.124. The van der Waals surface area contributed by atoms with E-state index in [0.29, 0.717) is 23.3 Å². The Morgan fingerprint density at radius 2 is 1.70 bits per heavy atom. The van der Waals surface area contributed by atoms with E-state index in [4.69, 9.17) is 9.47 Å². The van der Waals surface area contributed by atoms with Gasteiger partial charge in [-0.05, 0) is 79.4 Å². The molecule has 0 spiro atoms. The van der Waals surface area contributed by atoms with Crippen molar-refractivity contribution in [3.63, 3.8) is 0 Å². The molecular formula is C23H33NO3. The molecule has 4 aliphatic rings. The van der Waals surface area contributed by atoms with E-state index in [9.17, 15) is 4.79 Å². The summed E-state index contributed by atoms with van der Waals surface area (Å²) in [6, 6.07) is 5.97. The molecular weight excluding hydrogens is 338 g/mol. The van der Waals surface area contributed by atoms with Crippen molar-refractivity contribution in [2.45, 2.75) is 58.8 Å². The second-order valence-corrected chi connectivity index (χ2v) is 10.1. The van der Waals surface area contributed by atoms with Crippen LogP contribution in [0.4, 0.5) is 0 Å². The minimum absolute atomic E-state index is 0.124. The average molecular weight is 372 g/mol. The monoisotopic (exact) mass is 371 g/mol. The van der Waals surface area contributed by atoms with Gasteiger partial charge >= 0.3 is 0 Å². The van der Waals surface area contributed by atoms with Crippen molar-refractivity contribution in [3.8, 4) is 11.5 Å². The maximum atomic E-state index is 13.2. The summed E-state index contributed by atoms with van der Waals surface area (Å²) in [5.74, 6) is 2.51. The molecule has 5 rings (SSSR count). The van der Waals surface area contributed by atoms with Gasteiger partial charge in [0.05, 0.1) is 19.6 Å². The van der Waals surface area contributed by atoms with Gasteiger partial charge in [-0.1, -0.05) is 19.9 Å². The van der Waals surface area contributed by atoms with E-state index >= 15 is 0 Å². The molecule has 0 heterocycles. The predicted octanol–water partition coefficient (Wildman–Crippen LogP) is 4.36. The van der Waals surface area contributed by atoms with Gasteiger partial charge in [0.15, 0.2) is 11.5 Å². The lowest BCUT2D eigenvalue weighted by molar-refractivity contribution is -0.170. The Hall–Kier alpha value is -1.71. The van der Waals surface area contributed by atoms with E-state index in [0.717, 1.165) is 48.7 Å². The average Bonchev–Trinajstić information content (AvgIpc) is 2.58. The van der Waals surface area contributed by atoms with Gasteiger partial charge in [0.2, 0.25) is 5.91 Å². The van der Waals surface area contributed by atoms with Gasteiger partial charge in [-0.3, -0.25) is 4.79 Å². The number of methoxy groups -OCH3 is 2. The Morgan fingerprint density at radius 1 is 1.04 bits per heavy atom. The molecule has 4 aliphatic carbocycles. The van der Waals surface area contributed by atoms with Crippen molar-refractivity contribution in [1.29, 1.82) is 0 Å². The molecule has 0 saturated heterocycles. The van der Waals surface area contributed by atoms with E-state index in [2.05, 4.69) is 19.2 Å². The molecule has 27 heavy (non-hydrogen) atoms. The van der Waals surface area contributed by atoms with Crippen LogP contribution in [0, 0.1) is 22.2 Å². The first-order chi connectivity index (χ1) is 12.8. The molecule has 4 bridgehead atoms. The third-order valence-corrected chi connectivity index (χ3v) is 7.26. The molecule has 4 nitrogen and oxygen atoms in total. The summed E-state index contributed by atoms with van der Waals surface area (Å²) in [5, 5.41) is 3.28. The zero-order chi connectivity index (χ0) is 19.3. The maximum absolute atomic E-state index is 13.2. The van der Waals surface area contributed by atoms with Crippen LogP contribution in [-0.2, 0) is 11.2 Å². The van der Waals surface area contributed by atoms with E-state index in [1.165, 1.54) is 19.3 Å². The Balaban J connectivity index is 1.40. The van der Waals surface area contributed by atoms with Crippen molar-refractivity contribution >= 4 is 5.91 Å². The summed E-state index contributed by atoms with van der Waals surface area (Å²) < 4.78 is 10.7. The number of ether oxygens (including phenoxy) is 2. The van der Waals surface area contributed by atoms with Crippen LogP contribution in [0.15, 0.2) is 18.2 Å². The summed E-state index contributed by atoms with van der Waals surface area (Å²) in [5.41, 5.74) is 1.77. The van der Waals surface area contributed by atoms with E-state index in [1.54, 1.807) is 14.2 Å². The van der Waals surface area contributed by atoms with Crippen molar-refractivity contribution < 1.29 is 14.3 Å². The Morgan fingerprint density at radius 3 is 2.30 bits per heavy atom. The van der Waals surface area contributed by atoms with Gasteiger partial charge in [0.25, 0.3) is 0 Å². The third-order valence-electron chi connectivity index (χ3n) is 7.26. The number of hydrogen-bond acceptors (Lipinski definition) is 3. The van der Waals surface area contributed by atoms with Gasteiger partial charge in [-0.15, -0.1) is 0 Å². The number of carbonyl (C=O) groups is 1. The molecule has 148 valence electrons. The van der Waals surface area contributed by atoms with Crippen LogP contribution in [-0.4, -0.2) is 26.7 Å². The first-order valence-electron chi connectivity index (χ1n) is 10.3. The van der Waals surface area contributed by atoms with E-state index in [-0.39, 0.29) is 5.41 Å². The molecule has 4 heteroatoms. The smallest absolute Gasteiger partial charge is 0.226 e. The lowest BCUT2D eigenvalue weighted by Gasteiger charge is -2.64. The summed E-state index contributed by atoms with van der Waals surface area (Å²) in [7, 11) is 3.29. The van der Waals surface area contributed by atoms with Crippen LogP contribution >= 0.6 is 0 Å². The SMILES string of the molecule is COc1ccc(CCNC(=O)C23CC4CC(C)(CC(C)(C4)C2)C3)cc1OC. The Bertz CT molecular complexity index is 725. The molecule has 0 aliphatic heterocycles. The fourth-order valence-electron chi connectivity index (χ4n) is 7.24. The Kier molecular flexibility index (Phi) is 4.44. The van der Waals surface area contributed by atoms with Crippen LogP contribution in [0.25, 0.3) is 0 Å². The van der Waals surface area contributed by atoms with Crippen molar-refractivity contribution in [2.24, 2.45) is 22.2 Å². The third kappa shape index (κ3) is 3.32. The van der Waals surface area contributed by atoms with Crippen LogP contribution in [0.5, 0.6) is 11.5 Å². The van der Waals surface area contributed by atoms with E-state index in [1.807, 2.05) is 18.2 Å². The second kappa shape index (κ2) is 6.42. The summed E-state index contributed by atoms with van der Waals surface area (Å²) in [6.45, 7) is 5.51. The predicted molar refractivity (Wildman–Crippen MR) is 106 cm³/mol. The van der Waals surface area contributed by atoms with Crippen LogP contribution in [0.2, 0.25) is 0 Å². The largest absolute Gasteiger partial charge is 0.493 e. The van der Waals surface area contributed by atoms with Gasteiger partial charge in [0, 0.05) is 6.54 Å². The molecule has 1 aromatic rings. The molecule has 2 atom stereocenters. The number of hydrogen-bond donors (Lipinski definition) is 1. The van der Waals surface area contributed by atoms with Gasteiger partial charge in [-0.25, -0.2) is 0 Å². The summed E-state index contributed by atoms with van der Waals surface area (Å²) in [6.07, 6.45) is 8.01. The molecule has 1 aromatic carbocycles. The summed E-state index contributed by atoms with van der Waals surface area (Å²) >= 11 is 0. The molecule has 4 saturated carbocycles. The molecule has 0 radical (unpaired) electrons. The number of carbonyl (C=O) groups excluding carboxylic acids is 1. The highest BCUT2D eigenvalue weighted by atomic mass is 16.5. The zero-order valence-corrected chi connectivity index (χ0v) is 17.2. The molecule has 2 unspecified atom stereocenters. The van der Waals surface area contributed by atoms with Crippen LogP contribution in [0.3, 0.4) is 0 Å². The van der Waals surface area contributed by atoms with Gasteiger partial charge < -0.3 is 14.8 Å². The van der Waals surface area contributed by atoms with Gasteiger partial charge in [-0.2, -0.15) is 0 Å². The molecule has 1 amide bonds. The standard InChI is InChI=1S/C23H33NO3/c1-21-10-17-11-22(2,13-21)15-23(12-17,14-21)20(25)24-8-7-16-5-6-18(26-3)19(9-16)27-4/h5-6,9,17H,7-8,10-15H2,1-4H3,(H,24,25). The zero-order valence-electron chi connectivity index (χ0n) is 17.2. The highest BCUT2D eigenvalue weighted by molar-refractivity contribution is 5.83. The molecule has 1 N–H and O–H groups in total. The quantitative estimate of drug-likeness (QED) is 0.808. The Labute approximate surface area is 163 Å². The lowest BCUT2D eigenvalue weighted by Crippen LogP contribution is -2.60. The summed E-state index contributed by atoms with van der Waals surface area (Å²) in [4.78, 5) is 13.2. The van der Waals surface area contributed by atoms with Gasteiger partial charge in [0.1, 0.15) is 0 Å². The normalized spacial score (nSPS) is 36.5. The number of rotatable bonds is 6. The minimum Gasteiger partial charge on any atom is -0.493 e. The van der Waals surface area contributed by atoms with Crippen LogP contribution < -0.4 is 14.8 Å². The highest BCUT2D eigenvalue weighted by Crippen LogP contribution is 2.69. The molecule has 4 fully saturated rings. The first kappa shape index (κ1) is 18.6. The molecule has 0 aromatic heterocycles. The first-order valence-corrected chi connectivity index (χ1v) is 10.3. The van der Waals surface area contributed by atoms with E-state index < -0.39 is 0 Å². The maximum Gasteiger partial charge on any atom is 0.226 e. The topological polar surface area (TPSA) is 47.6 Å². The number of amides is 1.